The second-order valence-corrected chi connectivity index (χ2v) is 13.0. The molecule has 1 saturated heterocycles. The fraction of sp³-hybridized carbons (Fsp3) is 0.257. The minimum absolute atomic E-state index is 0.0148. The van der Waals surface area contributed by atoms with E-state index in [1.165, 1.54) is 18.2 Å². The van der Waals surface area contributed by atoms with Gasteiger partial charge in [0.25, 0.3) is 11.8 Å². The third-order valence-corrected chi connectivity index (χ3v) is 10.0. The van der Waals surface area contributed by atoms with Gasteiger partial charge in [-0.05, 0) is 60.2 Å². The van der Waals surface area contributed by atoms with Crippen LogP contribution in [0.4, 0.5) is 4.39 Å². The van der Waals surface area contributed by atoms with Crippen LogP contribution in [-0.4, -0.2) is 68.9 Å². The van der Waals surface area contributed by atoms with Crippen molar-refractivity contribution in [1.82, 2.24) is 20.1 Å². The Morgan fingerprint density at radius 2 is 1.77 bits per heavy atom. The number of hydrogen-bond donors (Lipinski definition) is 2. The maximum atomic E-state index is 14.3. The molecule has 47 heavy (non-hydrogen) atoms. The van der Waals surface area contributed by atoms with E-state index in [4.69, 9.17) is 0 Å². The number of H-pyrrole nitrogens is 1. The predicted octanol–water partition coefficient (Wildman–Crippen LogP) is 4.64. The first-order valence-corrected chi connectivity index (χ1v) is 16.3. The van der Waals surface area contributed by atoms with E-state index in [0.29, 0.717) is 41.8 Å². The van der Waals surface area contributed by atoms with Crippen molar-refractivity contribution in [2.24, 2.45) is 0 Å². The maximum absolute atomic E-state index is 14.3. The summed E-state index contributed by atoms with van der Waals surface area (Å²) in [5.41, 5.74) is 4.99. The van der Waals surface area contributed by atoms with Gasteiger partial charge in [-0.15, -0.1) is 11.8 Å². The summed E-state index contributed by atoms with van der Waals surface area (Å²) in [6, 6.07) is 14.2. The van der Waals surface area contributed by atoms with Crippen molar-refractivity contribution in [3.8, 4) is 11.3 Å². The number of amides is 5. The summed E-state index contributed by atoms with van der Waals surface area (Å²) in [6.07, 6.45) is 1.87. The highest BCUT2D eigenvalue weighted by Gasteiger charge is 2.45. The number of aromatic amines is 1. The van der Waals surface area contributed by atoms with Crippen LogP contribution in [0.15, 0.2) is 59.5 Å². The van der Waals surface area contributed by atoms with Crippen LogP contribution in [-0.2, 0) is 27.3 Å². The fourth-order valence-electron chi connectivity index (χ4n) is 6.64. The number of carbonyl (C=O) groups excluding carboxylic acids is 6. The molecule has 10 nitrogen and oxygen atoms in total. The molecular weight excluding hydrogens is 623 g/mol. The number of thioether (sulfide) groups is 1. The van der Waals surface area contributed by atoms with Crippen LogP contribution in [0, 0.1) is 5.82 Å². The minimum Gasteiger partial charge on any atom is -0.354 e. The maximum Gasteiger partial charge on any atom is 0.263 e. The van der Waals surface area contributed by atoms with Gasteiger partial charge < -0.3 is 9.88 Å². The second kappa shape index (κ2) is 11.9. The number of piperidine rings is 1. The van der Waals surface area contributed by atoms with Crippen LogP contribution in [0.25, 0.3) is 22.2 Å². The number of hydrogen-bond acceptors (Lipinski definition) is 7. The number of Topliss-reactive ketones (excluding diaryl/α,β-unsaturated/α-hetero) is 1. The highest BCUT2D eigenvalue weighted by molar-refractivity contribution is 8.00. The molecule has 1 aromatic heterocycles. The summed E-state index contributed by atoms with van der Waals surface area (Å²) in [4.78, 5) is 82.5. The Morgan fingerprint density at radius 3 is 2.53 bits per heavy atom. The summed E-state index contributed by atoms with van der Waals surface area (Å²) in [6.45, 7) is 0.330. The molecular formula is C35H29FN4O6S. The number of imide groups is 2. The number of benzene rings is 3. The molecule has 3 aromatic carbocycles. The van der Waals surface area contributed by atoms with Gasteiger partial charge >= 0.3 is 0 Å². The molecule has 12 heteroatoms. The zero-order valence-corrected chi connectivity index (χ0v) is 26.2. The first-order chi connectivity index (χ1) is 22.6. The molecule has 1 fully saturated rings. The number of nitrogens with one attached hydrogen (secondary N) is 2. The molecule has 1 atom stereocenters. The van der Waals surface area contributed by atoms with Crippen LogP contribution in [0.5, 0.6) is 0 Å². The molecule has 0 bridgehead atoms. The second-order valence-electron chi connectivity index (χ2n) is 12.0. The average Bonchev–Trinajstić information content (AvgIpc) is 3.47. The fourth-order valence-corrected chi connectivity index (χ4v) is 7.65. The van der Waals surface area contributed by atoms with Gasteiger partial charge in [0.05, 0.1) is 16.9 Å². The highest BCUT2D eigenvalue weighted by Crippen LogP contribution is 2.37. The standard InChI is InChI=1S/C35H29FN4O6S/c1-39(16-18-8-10-19(11-9-18)32-21-4-2-6-26(41)23-14-20(36)15-24(37-32)30(21)23)29(43)17-47-27-7-3-5-22-31(27)35(46)40(34(22)45)25-12-13-28(42)38-33(25)44/h3,5,7-11,14-15,25,37H,2,4,6,12-13,16-17H2,1H3,(H,38,42,44). The van der Waals surface area contributed by atoms with E-state index in [1.807, 2.05) is 24.3 Å². The molecule has 0 spiro atoms. The Labute approximate surface area is 272 Å². The number of aromatic nitrogens is 1. The van der Waals surface area contributed by atoms with Gasteiger partial charge in [-0.3, -0.25) is 39.0 Å². The van der Waals surface area contributed by atoms with Gasteiger partial charge in [-0.1, -0.05) is 30.3 Å². The van der Waals surface area contributed by atoms with Gasteiger partial charge in [0, 0.05) is 53.5 Å². The summed E-state index contributed by atoms with van der Waals surface area (Å²) >= 11 is 1.14. The van der Waals surface area contributed by atoms with Crippen LogP contribution in [0.3, 0.4) is 0 Å². The monoisotopic (exact) mass is 652 g/mol. The molecule has 5 amide bonds. The van der Waals surface area contributed by atoms with Crippen molar-refractivity contribution in [2.75, 3.05) is 12.8 Å². The van der Waals surface area contributed by atoms with Gasteiger partial charge in [0.15, 0.2) is 5.78 Å². The van der Waals surface area contributed by atoms with E-state index in [1.54, 1.807) is 24.1 Å². The van der Waals surface area contributed by atoms with E-state index in [-0.39, 0.29) is 41.4 Å². The molecule has 0 radical (unpaired) electrons. The molecule has 3 heterocycles. The first-order valence-electron chi connectivity index (χ1n) is 15.3. The molecule has 3 aliphatic rings. The zero-order chi connectivity index (χ0) is 33.0. The lowest BCUT2D eigenvalue weighted by atomic mass is 9.99. The topological polar surface area (TPSA) is 137 Å². The lowest BCUT2D eigenvalue weighted by Crippen LogP contribution is -2.54. The Hall–Kier alpha value is -5.10. The normalized spacial score (nSPS) is 17.6. The van der Waals surface area contributed by atoms with Crippen molar-refractivity contribution in [1.29, 1.82) is 0 Å². The summed E-state index contributed by atoms with van der Waals surface area (Å²) in [7, 11) is 1.68. The Balaban J connectivity index is 1.03. The van der Waals surface area contributed by atoms with Crippen molar-refractivity contribution in [3.05, 3.63) is 88.2 Å². The molecule has 4 aromatic rings. The van der Waals surface area contributed by atoms with E-state index >= 15 is 0 Å². The van der Waals surface area contributed by atoms with Crippen molar-refractivity contribution in [3.63, 3.8) is 0 Å². The smallest absolute Gasteiger partial charge is 0.263 e. The van der Waals surface area contributed by atoms with Gasteiger partial charge in [-0.25, -0.2) is 4.39 Å². The number of nitrogens with zero attached hydrogens (tertiary/aromatic N) is 2. The minimum atomic E-state index is -1.06. The van der Waals surface area contributed by atoms with Gasteiger partial charge in [0.1, 0.15) is 11.9 Å². The number of ketones is 1. The number of carbonyl (C=O) groups is 6. The lowest BCUT2D eigenvalue weighted by molar-refractivity contribution is -0.136. The van der Waals surface area contributed by atoms with E-state index < -0.39 is 35.5 Å². The lowest BCUT2D eigenvalue weighted by Gasteiger charge is -2.27. The van der Waals surface area contributed by atoms with Crippen molar-refractivity contribution < 1.29 is 33.2 Å². The summed E-state index contributed by atoms with van der Waals surface area (Å²) < 4.78 is 14.3. The summed E-state index contributed by atoms with van der Waals surface area (Å²) in [5, 5.41) is 2.98. The van der Waals surface area contributed by atoms with Crippen LogP contribution in [0.2, 0.25) is 0 Å². The molecule has 7 rings (SSSR count). The first kappa shape index (κ1) is 30.5. The number of halogens is 1. The quantitative estimate of drug-likeness (QED) is 0.219. The number of rotatable bonds is 7. The molecule has 2 aliphatic heterocycles. The molecule has 0 saturated carbocycles. The molecule has 238 valence electrons. The van der Waals surface area contributed by atoms with Gasteiger partial charge in [-0.2, -0.15) is 0 Å². The average molecular weight is 653 g/mol. The molecule has 2 N–H and O–H groups in total. The third kappa shape index (κ3) is 5.42. The SMILES string of the molecule is CN(Cc1ccc(-c2[nH]c3cc(F)cc4c3c2CCCC4=O)cc1)C(=O)CSc1cccc2c1C(=O)N(C1CCC(=O)NC1=O)C2=O. The highest BCUT2D eigenvalue weighted by atomic mass is 32.2. The molecule has 1 aliphatic carbocycles. The van der Waals surface area contributed by atoms with Gasteiger partial charge in [0.2, 0.25) is 17.7 Å². The Morgan fingerprint density at radius 1 is 0.979 bits per heavy atom. The van der Waals surface area contributed by atoms with Crippen molar-refractivity contribution >= 4 is 58.0 Å². The Bertz CT molecular complexity index is 2040. The molecule has 1 unspecified atom stereocenters. The Kier molecular flexibility index (Phi) is 7.75. The van der Waals surface area contributed by atoms with E-state index in [9.17, 15) is 33.2 Å². The number of aryl methyl sites for hydroxylation is 1. The number of fused-ring (bicyclic) bond motifs is 1. The van der Waals surface area contributed by atoms with Crippen LogP contribution < -0.4 is 5.32 Å². The van der Waals surface area contributed by atoms with Crippen LogP contribution >= 0.6 is 11.8 Å². The zero-order valence-electron chi connectivity index (χ0n) is 25.4. The van der Waals surface area contributed by atoms with E-state index in [2.05, 4.69) is 10.3 Å². The third-order valence-electron chi connectivity index (χ3n) is 8.97. The van der Waals surface area contributed by atoms with E-state index in [0.717, 1.165) is 44.4 Å². The largest absolute Gasteiger partial charge is 0.354 e. The summed E-state index contributed by atoms with van der Waals surface area (Å²) in [5.74, 6) is -3.00. The predicted molar refractivity (Wildman–Crippen MR) is 171 cm³/mol. The van der Waals surface area contributed by atoms with Crippen molar-refractivity contribution in [2.45, 2.75) is 49.6 Å². The van der Waals surface area contributed by atoms with Crippen LogP contribution in [0.1, 0.15) is 67.9 Å².